The minimum atomic E-state index is -0.291. The molecule has 2 aromatic rings. The normalized spacial score (nSPS) is 17.8. The van der Waals surface area contributed by atoms with Crippen molar-refractivity contribution < 1.29 is 4.79 Å². The lowest BCUT2D eigenvalue weighted by Crippen LogP contribution is -2.37. The molecule has 23 heavy (non-hydrogen) atoms. The Hall–Kier alpha value is -2.32. The van der Waals surface area contributed by atoms with E-state index < -0.39 is 0 Å². The first-order valence-corrected chi connectivity index (χ1v) is 7.95. The van der Waals surface area contributed by atoms with Crippen molar-refractivity contribution in [1.29, 1.82) is 5.26 Å². The number of aromatic nitrogens is 1. The molecule has 0 aliphatic carbocycles. The third kappa shape index (κ3) is 2.95. The number of rotatable bonds is 3. The lowest BCUT2D eigenvalue weighted by atomic mass is 10.1. The number of pyridine rings is 1. The van der Waals surface area contributed by atoms with E-state index in [-0.39, 0.29) is 18.0 Å². The Morgan fingerprint density at radius 1 is 1.43 bits per heavy atom. The smallest absolute Gasteiger partial charge is 0.245 e. The van der Waals surface area contributed by atoms with Gasteiger partial charge in [-0.05, 0) is 44.5 Å². The number of carbonyl (C=O) groups is 1. The summed E-state index contributed by atoms with van der Waals surface area (Å²) in [4.78, 5) is 18.7. The standard InChI is InChI=1S/C17H17ClN4O/c1-10(2)22-6-5-15(17(22)23)21-16-7-11(9-19)13-8-12(18)3-4-14(13)20-16/h3-4,7-8,10,15H,5-6H2,1-2H3,(H,20,21). The van der Waals surface area contributed by atoms with Crippen LogP contribution in [0.5, 0.6) is 0 Å². The summed E-state index contributed by atoms with van der Waals surface area (Å²) in [6, 6.07) is 8.98. The number of hydrogen-bond acceptors (Lipinski definition) is 4. The van der Waals surface area contributed by atoms with Gasteiger partial charge in [0, 0.05) is 23.0 Å². The zero-order valence-electron chi connectivity index (χ0n) is 13.0. The molecule has 0 saturated carbocycles. The molecule has 1 fully saturated rings. The number of anilines is 1. The van der Waals surface area contributed by atoms with E-state index in [0.717, 1.165) is 13.0 Å². The number of nitrogens with one attached hydrogen (secondary N) is 1. The van der Waals surface area contributed by atoms with Crippen LogP contribution in [0, 0.1) is 11.3 Å². The number of nitrogens with zero attached hydrogens (tertiary/aromatic N) is 3. The average molecular weight is 329 g/mol. The Bertz CT molecular complexity index is 812. The highest BCUT2D eigenvalue weighted by molar-refractivity contribution is 6.31. The van der Waals surface area contributed by atoms with Crippen LogP contribution >= 0.6 is 11.6 Å². The topological polar surface area (TPSA) is 69.0 Å². The Labute approximate surface area is 139 Å². The van der Waals surface area contributed by atoms with Gasteiger partial charge in [0.1, 0.15) is 11.9 Å². The monoisotopic (exact) mass is 328 g/mol. The van der Waals surface area contributed by atoms with Gasteiger partial charge >= 0.3 is 0 Å². The fourth-order valence-electron chi connectivity index (χ4n) is 2.89. The van der Waals surface area contributed by atoms with Crippen molar-refractivity contribution in [2.45, 2.75) is 32.4 Å². The molecule has 5 nitrogen and oxygen atoms in total. The predicted octanol–water partition coefficient (Wildman–Crippen LogP) is 3.18. The van der Waals surface area contributed by atoms with Crippen molar-refractivity contribution in [1.82, 2.24) is 9.88 Å². The maximum atomic E-state index is 12.4. The Morgan fingerprint density at radius 2 is 2.22 bits per heavy atom. The van der Waals surface area contributed by atoms with Crippen LogP contribution in [0.1, 0.15) is 25.8 Å². The van der Waals surface area contributed by atoms with Crippen molar-refractivity contribution in [3.63, 3.8) is 0 Å². The van der Waals surface area contributed by atoms with Crippen molar-refractivity contribution in [3.8, 4) is 6.07 Å². The molecule has 1 aromatic heterocycles. The minimum absolute atomic E-state index is 0.0801. The number of carbonyl (C=O) groups excluding carboxylic acids is 1. The first kappa shape index (κ1) is 15.6. The van der Waals surface area contributed by atoms with Gasteiger partial charge in [-0.1, -0.05) is 11.6 Å². The summed E-state index contributed by atoms with van der Waals surface area (Å²) in [5.74, 6) is 0.622. The van der Waals surface area contributed by atoms with E-state index in [2.05, 4.69) is 16.4 Å². The molecule has 2 heterocycles. The number of nitriles is 1. The number of benzene rings is 1. The molecule has 1 atom stereocenters. The zero-order valence-corrected chi connectivity index (χ0v) is 13.8. The van der Waals surface area contributed by atoms with Gasteiger partial charge in [0.2, 0.25) is 5.91 Å². The van der Waals surface area contributed by atoms with Gasteiger partial charge in [-0.15, -0.1) is 0 Å². The fourth-order valence-corrected chi connectivity index (χ4v) is 3.06. The summed E-state index contributed by atoms with van der Waals surface area (Å²) in [7, 11) is 0. The third-order valence-corrected chi connectivity index (χ3v) is 4.31. The van der Waals surface area contributed by atoms with Crippen LogP contribution in [-0.4, -0.2) is 34.4 Å². The predicted molar refractivity (Wildman–Crippen MR) is 90.3 cm³/mol. The van der Waals surface area contributed by atoms with E-state index >= 15 is 0 Å². The van der Waals surface area contributed by atoms with Crippen molar-refractivity contribution >= 4 is 34.2 Å². The molecule has 0 bridgehead atoms. The van der Waals surface area contributed by atoms with E-state index in [9.17, 15) is 10.1 Å². The lowest BCUT2D eigenvalue weighted by Gasteiger charge is -2.21. The second-order valence-corrected chi connectivity index (χ2v) is 6.38. The molecule has 1 aromatic carbocycles. The Morgan fingerprint density at radius 3 is 2.87 bits per heavy atom. The van der Waals surface area contributed by atoms with E-state index in [4.69, 9.17) is 11.6 Å². The maximum Gasteiger partial charge on any atom is 0.245 e. The van der Waals surface area contributed by atoms with Gasteiger partial charge in [0.05, 0.1) is 17.1 Å². The second kappa shape index (κ2) is 6.05. The first-order valence-electron chi connectivity index (χ1n) is 7.57. The number of likely N-dealkylation sites (tertiary alicyclic amines) is 1. The molecule has 1 amide bonds. The van der Waals surface area contributed by atoms with Crippen LogP contribution in [-0.2, 0) is 4.79 Å². The van der Waals surface area contributed by atoms with Crippen molar-refractivity contribution in [2.24, 2.45) is 0 Å². The molecule has 118 valence electrons. The number of halogens is 1. The molecule has 1 saturated heterocycles. The van der Waals surface area contributed by atoms with Gasteiger partial charge in [0.25, 0.3) is 0 Å². The quantitative estimate of drug-likeness (QED) is 0.939. The molecule has 1 aliphatic heterocycles. The van der Waals surface area contributed by atoms with Gasteiger partial charge in [-0.3, -0.25) is 4.79 Å². The zero-order chi connectivity index (χ0) is 16.6. The second-order valence-electron chi connectivity index (χ2n) is 5.94. The lowest BCUT2D eigenvalue weighted by molar-refractivity contribution is -0.129. The van der Waals surface area contributed by atoms with Crippen LogP contribution < -0.4 is 5.32 Å². The highest BCUT2D eigenvalue weighted by Gasteiger charge is 2.33. The molecule has 1 N–H and O–H groups in total. The minimum Gasteiger partial charge on any atom is -0.358 e. The van der Waals surface area contributed by atoms with Crippen LogP contribution in [0.15, 0.2) is 24.3 Å². The SMILES string of the molecule is CC(C)N1CCC(Nc2cc(C#N)c3cc(Cl)ccc3n2)C1=O. The summed E-state index contributed by atoms with van der Waals surface area (Å²) in [6.45, 7) is 4.75. The van der Waals surface area contributed by atoms with Gasteiger partial charge < -0.3 is 10.2 Å². The van der Waals surface area contributed by atoms with E-state index in [1.165, 1.54) is 0 Å². The molecule has 6 heteroatoms. The summed E-state index contributed by atoms with van der Waals surface area (Å²) in [5, 5.41) is 13.8. The molecule has 0 spiro atoms. The van der Waals surface area contributed by atoms with Crippen LogP contribution in [0.3, 0.4) is 0 Å². The Kier molecular flexibility index (Phi) is 4.10. The Balaban J connectivity index is 1.91. The molecule has 1 aliphatic rings. The highest BCUT2D eigenvalue weighted by atomic mass is 35.5. The first-order chi connectivity index (χ1) is 11.0. The summed E-state index contributed by atoms with van der Waals surface area (Å²) in [6.07, 6.45) is 0.735. The average Bonchev–Trinajstić information content (AvgIpc) is 2.88. The number of amides is 1. The van der Waals surface area contributed by atoms with E-state index in [1.807, 2.05) is 18.7 Å². The van der Waals surface area contributed by atoms with Gasteiger partial charge in [0.15, 0.2) is 0 Å². The van der Waals surface area contributed by atoms with E-state index in [1.54, 1.807) is 24.3 Å². The van der Waals surface area contributed by atoms with Crippen molar-refractivity contribution in [2.75, 3.05) is 11.9 Å². The number of fused-ring (bicyclic) bond motifs is 1. The van der Waals surface area contributed by atoms with Gasteiger partial charge in [-0.2, -0.15) is 5.26 Å². The van der Waals surface area contributed by atoms with Crippen LogP contribution in [0.2, 0.25) is 5.02 Å². The van der Waals surface area contributed by atoms with Crippen molar-refractivity contribution in [3.05, 3.63) is 34.9 Å². The number of hydrogen-bond donors (Lipinski definition) is 1. The fraction of sp³-hybridized carbons (Fsp3) is 0.353. The molecular weight excluding hydrogens is 312 g/mol. The largest absolute Gasteiger partial charge is 0.358 e. The molecule has 3 rings (SSSR count). The van der Waals surface area contributed by atoms with Crippen LogP contribution in [0.4, 0.5) is 5.82 Å². The van der Waals surface area contributed by atoms with Gasteiger partial charge in [-0.25, -0.2) is 4.98 Å². The molecule has 1 unspecified atom stereocenters. The summed E-state index contributed by atoms with van der Waals surface area (Å²) >= 11 is 5.99. The summed E-state index contributed by atoms with van der Waals surface area (Å²) in [5.41, 5.74) is 1.17. The summed E-state index contributed by atoms with van der Waals surface area (Å²) < 4.78 is 0. The van der Waals surface area contributed by atoms with E-state index in [0.29, 0.717) is 27.3 Å². The molecule has 0 radical (unpaired) electrons. The van der Waals surface area contributed by atoms with Crippen LogP contribution in [0.25, 0.3) is 10.9 Å². The highest BCUT2D eigenvalue weighted by Crippen LogP contribution is 2.25. The third-order valence-electron chi connectivity index (χ3n) is 4.08. The maximum absolute atomic E-state index is 12.4. The molecular formula is C17H17ClN4O.